The van der Waals surface area contributed by atoms with Crippen LogP contribution in [0, 0.1) is 0 Å². The van der Waals surface area contributed by atoms with Crippen LogP contribution in [0.5, 0.6) is 5.75 Å². The normalized spacial score (nSPS) is 15.6. The van der Waals surface area contributed by atoms with Crippen LogP contribution in [0.3, 0.4) is 0 Å². The number of aliphatic hydroxyl groups is 1. The highest BCUT2D eigenvalue weighted by molar-refractivity contribution is 7.18. The van der Waals surface area contributed by atoms with E-state index in [9.17, 15) is 9.90 Å². The Hall–Kier alpha value is -3.28. The number of aliphatic carboxylic acids is 1. The molecule has 11 heteroatoms. The zero-order chi connectivity index (χ0) is 27.2. The first kappa shape index (κ1) is 27.3. The van der Waals surface area contributed by atoms with Crippen molar-refractivity contribution in [1.29, 1.82) is 0 Å². The summed E-state index contributed by atoms with van der Waals surface area (Å²) in [6, 6.07) is 15.6. The maximum Gasteiger partial charge on any atom is 0.317 e. The molecule has 2 aromatic carbocycles. The van der Waals surface area contributed by atoms with Gasteiger partial charge in [0.1, 0.15) is 16.3 Å². The van der Waals surface area contributed by atoms with Crippen molar-refractivity contribution in [2.24, 2.45) is 0 Å². The lowest BCUT2D eigenvalue weighted by Crippen LogP contribution is -2.24. The number of nitrogens with zero attached hydrogens (tertiary/aromatic N) is 3. The lowest BCUT2D eigenvalue weighted by atomic mass is 10.0. The number of nitrogens with one attached hydrogen (secondary N) is 2. The van der Waals surface area contributed by atoms with E-state index in [0.29, 0.717) is 35.2 Å². The van der Waals surface area contributed by atoms with Crippen LogP contribution >= 0.6 is 22.9 Å². The summed E-state index contributed by atoms with van der Waals surface area (Å²) in [6.07, 6.45) is 3.25. The summed E-state index contributed by atoms with van der Waals surface area (Å²) >= 11 is 8.36. The van der Waals surface area contributed by atoms with Crippen LogP contribution < -0.4 is 15.4 Å². The number of benzene rings is 2. The molecule has 4 aromatic rings. The fourth-order valence-electron chi connectivity index (χ4n) is 4.57. The molecular weight excluding hydrogens is 538 g/mol. The first-order valence-corrected chi connectivity index (χ1v) is 14.0. The second-order valence-corrected chi connectivity index (χ2v) is 10.9. The van der Waals surface area contributed by atoms with Gasteiger partial charge in [-0.15, -0.1) is 11.3 Å². The third-order valence-corrected chi connectivity index (χ3v) is 7.86. The van der Waals surface area contributed by atoms with Crippen molar-refractivity contribution < 1.29 is 19.7 Å². The minimum absolute atomic E-state index is 0.127. The number of ether oxygens (including phenoxy) is 1. The fourth-order valence-corrected chi connectivity index (χ4v) is 5.79. The van der Waals surface area contributed by atoms with E-state index in [4.69, 9.17) is 21.4 Å². The van der Waals surface area contributed by atoms with E-state index in [0.717, 1.165) is 59.1 Å². The first-order valence-electron chi connectivity index (χ1n) is 12.8. The summed E-state index contributed by atoms with van der Waals surface area (Å²) in [6.45, 7) is 3.44. The average molecular weight is 568 g/mol. The molecular formula is C28H30ClN5O4S. The molecule has 1 aliphatic rings. The largest absolute Gasteiger partial charge is 0.494 e. The van der Waals surface area contributed by atoms with Gasteiger partial charge in [0.05, 0.1) is 34.7 Å². The molecule has 1 atom stereocenters. The van der Waals surface area contributed by atoms with E-state index in [-0.39, 0.29) is 12.6 Å². The summed E-state index contributed by atoms with van der Waals surface area (Å²) in [5.41, 5.74) is 3.21. The molecule has 0 radical (unpaired) electrons. The molecule has 4 N–H and O–H groups in total. The van der Waals surface area contributed by atoms with Gasteiger partial charge in [0.25, 0.3) is 0 Å². The number of hydrogen-bond acceptors (Lipinski definition) is 9. The van der Waals surface area contributed by atoms with Crippen molar-refractivity contribution in [3.8, 4) is 16.9 Å². The Morgan fingerprint density at radius 1 is 1.23 bits per heavy atom. The molecule has 9 nitrogen and oxygen atoms in total. The third kappa shape index (κ3) is 7.03. The molecule has 204 valence electrons. The van der Waals surface area contributed by atoms with E-state index in [1.807, 2.05) is 48.5 Å². The molecule has 0 saturated carbocycles. The van der Waals surface area contributed by atoms with Crippen molar-refractivity contribution in [2.45, 2.75) is 25.5 Å². The number of β-amino-alcohol motifs (C(OH)–C–C–N with tert-alkyl or cyclic N) is 1. The van der Waals surface area contributed by atoms with Gasteiger partial charge in [0, 0.05) is 37.9 Å². The molecule has 0 aliphatic carbocycles. The smallest absolute Gasteiger partial charge is 0.317 e. The van der Waals surface area contributed by atoms with Gasteiger partial charge < -0.3 is 30.5 Å². The fraction of sp³-hybridized carbons (Fsp3) is 0.321. The van der Waals surface area contributed by atoms with E-state index < -0.39 is 5.97 Å². The number of thiazole rings is 1. The second kappa shape index (κ2) is 12.7. The van der Waals surface area contributed by atoms with E-state index in [2.05, 4.69) is 25.5 Å². The third-order valence-electron chi connectivity index (χ3n) is 6.44. The molecule has 39 heavy (non-hydrogen) atoms. The monoisotopic (exact) mass is 567 g/mol. The maximum absolute atomic E-state index is 10.8. The number of carbonyl (C=O) groups is 1. The minimum Gasteiger partial charge on any atom is -0.494 e. The maximum atomic E-state index is 10.8. The molecule has 5 rings (SSSR count). The Balaban J connectivity index is 1.27. The standard InChI is InChI=1S/C28H30ClN5O4S/c29-26-21(18-4-1-5-20(14-18)38-13-3-11-34-12-9-19(35)17-34)6-2-7-22(26)32-28-27-23(8-10-31-28)39-24(33-27)15-30-16-25(36)37/h1-2,4-8,10,14,19,30,35H,3,9,11-13,15-17H2,(H,31,32)(H,36,37). The second-order valence-electron chi connectivity index (χ2n) is 9.38. The molecule has 3 heterocycles. The number of rotatable bonds is 12. The molecule has 0 spiro atoms. The number of pyridine rings is 1. The number of anilines is 2. The SMILES string of the molecule is O=C(O)CNCc1nc2c(Nc3cccc(-c4cccc(OCCCN5CCC(O)C5)c4)c3Cl)nccc2s1. The predicted molar refractivity (Wildman–Crippen MR) is 154 cm³/mol. The number of hydrogen-bond donors (Lipinski definition) is 4. The summed E-state index contributed by atoms with van der Waals surface area (Å²) in [5.74, 6) is 0.446. The van der Waals surface area contributed by atoms with Crippen LogP contribution in [0.4, 0.5) is 11.5 Å². The first-order chi connectivity index (χ1) is 19.0. The van der Waals surface area contributed by atoms with E-state index >= 15 is 0 Å². The van der Waals surface area contributed by atoms with Gasteiger partial charge in [0.2, 0.25) is 0 Å². The molecule has 2 aromatic heterocycles. The Bertz CT molecular complexity index is 1450. The number of fused-ring (bicyclic) bond motifs is 1. The van der Waals surface area contributed by atoms with Gasteiger partial charge in [-0.05, 0) is 42.7 Å². The number of aliphatic hydroxyl groups excluding tert-OH is 1. The lowest BCUT2D eigenvalue weighted by molar-refractivity contribution is -0.136. The topological polar surface area (TPSA) is 120 Å². The Kier molecular flexibility index (Phi) is 8.90. The van der Waals surface area contributed by atoms with Crippen LogP contribution in [0.15, 0.2) is 54.7 Å². The summed E-state index contributed by atoms with van der Waals surface area (Å²) in [5, 5.41) is 26.1. The molecule has 1 saturated heterocycles. The molecule has 0 bridgehead atoms. The molecule has 1 aliphatic heterocycles. The number of aromatic nitrogens is 2. The number of carboxylic acids is 1. The highest BCUT2D eigenvalue weighted by Gasteiger charge is 2.19. The van der Waals surface area contributed by atoms with E-state index in [1.54, 1.807) is 6.20 Å². The minimum atomic E-state index is -0.911. The zero-order valence-electron chi connectivity index (χ0n) is 21.3. The van der Waals surface area contributed by atoms with Crippen LogP contribution in [0.1, 0.15) is 17.8 Å². The zero-order valence-corrected chi connectivity index (χ0v) is 22.8. The van der Waals surface area contributed by atoms with Crippen LogP contribution in [0.2, 0.25) is 5.02 Å². The molecule has 1 fully saturated rings. The van der Waals surface area contributed by atoms with Crippen molar-refractivity contribution in [3.05, 3.63) is 64.8 Å². The van der Waals surface area contributed by atoms with Gasteiger partial charge >= 0.3 is 5.97 Å². The van der Waals surface area contributed by atoms with Crippen molar-refractivity contribution in [2.75, 3.05) is 38.1 Å². The van der Waals surface area contributed by atoms with Crippen LogP contribution in [-0.2, 0) is 11.3 Å². The summed E-state index contributed by atoms with van der Waals surface area (Å²) in [7, 11) is 0. The van der Waals surface area contributed by atoms with Gasteiger partial charge in [-0.3, -0.25) is 4.79 Å². The Morgan fingerprint density at radius 2 is 2.10 bits per heavy atom. The summed E-state index contributed by atoms with van der Waals surface area (Å²) < 4.78 is 6.95. The predicted octanol–water partition coefficient (Wildman–Crippen LogP) is 4.77. The number of halogens is 1. The lowest BCUT2D eigenvalue weighted by Gasteiger charge is -2.15. The van der Waals surface area contributed by atoms with Gasteiger partial charge in [0.15, 0.2) is 5.82 Å². The number of likely N-dealkylation sites (tertiary alicyclic amines) is 1. The van der Waals surface area contributed by atoms with Crippen LogP contribution in [0.25, 0.3) is 21.3 Å². The quantitative estimate of drug-likeness (QED) is 0.179. The van der Waals surface area contributed by atoms with Crippen molar-refractivity contribution in [3.63, 3.8) is 0 Å². The highest BCUT2D eigenvalue weighted by atomic mass is 35.5. The molecule has 0 amide bonds. The van der Waals surface area contributed by atoms with E-state index in [1.165, 1.54) is 11.3 Å². The van der Waals surface area contributed by atoms with Crippen LogP contribution in [-0.4, -0.2) is 69.9 Å². The Labute approximate surface area is 235 Å². The van der Waals surface area contributed by atoms with Gasteiger partial charge in [-0.1, -0.05) is 35.9 Å². The Morgan fingerprint density at radius 3 is 2.92 bits per heavy atom. The number of carboxylic acid groups (broad SMARTS) is 1. The summed E-state index contributed by atoms with van der Waals surface area (Å²) in [4.78, 5) is 22.2. The average Bonchev–Trinajstić information content (AvgIpc) is 3.54. The van der Waals surface area contributed by atoms with Gasteiger partial charge in [-0.25, -0.2) is 9.97 Å². The highest BCUT2D eigenvalue weighted by Crippen LogP contribution is 2.37. The van der Waals surface area contributed by atoms with Crippen molar-refractivity contribution in [1.82, 2.24) is 20.2 Å². The molecule has 1 unspecified atom stereocenters. The van der Waals surface area contributed by atoms with Crippen molar-refractivity contribution >= 4 is 50.6 Å². The van der Waals surface area contributed by atoms with Gasteiger partial charge in [-0.2, -0.15) is 0 Å².